The highest BCUT2D eigenvalue weighted by Gasteiger charge is 2.20. The van der Waals surface area contributed by atoms with Crippen molar-refractivity contribution in [1.29, 1.82) is 0 Å². The zero-order valence-electron chi connectivity index (χ0n) is 15.1. The maximum absolute atomic E-state index is 12.9. The molecule has 1 aromatic carbocycles. The van der Waals surface area contributed by atoms with Crippen molar-refractivity contribution in [3.63, 3.8) is 0 Å². The van der Waals surface area contributed by atoms with Crippen molar-refractivity contribution >= 4 is 5.91 Å². The van der Waals surface area contributed by atoms with Gasteiger partial charge < -0.3 is 9.80 Å². The summed E-state index contributed by atoms with van der Waals surface area (Å²) in [5.41, 5.74) is 1.02. The van der Waals surface area contributed by atoms with Gasteiger partial charge in [0.15, 0.2) is 0 Å². The van der Waals surface area contributed by atoms with E-state index in [1.165, 1.54) is 12.1 Å². The van der Waals surface area contributed by atoms with Crippen LogP contribution in [-0.2, 0) is 6.54 Å². The van der Waals surface area contributed by atoms with E-state index >= 15 is 0 Å². The van der Waals surface area contributed by atoms with Gasteiger partial charge in [0, 0.05) is 51.9 Å². The number of hydrogen-bond acceptors (Lipinski definition) is 5. The van der Waals surface area contributed by atoms with E-state index in [1.54, 1.807) is 4.90 Å². The van der Waals surface area contributed by atoms with Gasteiger partial charge in [0.2, 0.25) is 0 Å². The number of carbonyl (C=O) groups excluding carboxylic acids is 1. The largest absolute Gasteiger partial charge is 0.332 e. The molecular formula is C19H25N5O2. The van der Waals surface area contributed by atoms with E-state index in [9.17, 15) is 9.59 Å². The molecule has 0 saturated carbocycles. The summed E-state index contributed by atoms with van der Waals surface area (Å²) in [7, 11) is 2.13. The highest BCUT2D eigenvalue weighted by molar-refractivity contribution is 5.92. The molecule has 0 atom stereocenters. The first kappa shape index (κ1) is 18.3. The summed E-state index contributed by atoms with van der Waals surface area (Å²) in [6.45, 7) is 6.10. The van der Waals surface area contributed by atoms with Crippen LogP contribution in [0.5, 0.6) is 0 Å². The summed E-state index contributed by atoms with van der Waals surface area (Å²) < 4.78 is 0. The highest BCUT2D eigenvalue weighted by atomic mass is 16.2. The standard InChI is InChI=1S/C19H25N5O2/c1-22-9-11-23(12-10-22)13-14-24(15-16-5-3-2-4-6-16)19(26)17-7-8-18(25)21-20-17/h2-8H,9-15H2,1H3,(H,21,25). The number of nitrogens with one attached hydrogen (secondary N) is 1. The van der Waals surface area contributed by atoms with E-state index in [1.807, 2.05) is 30.3 Å². The van der Waals surface area contributed by atoms with Gasteiger partial charge in [-0.2, -0.15) is 5.10 Å². The van der Waals surface area contributed by atoms with Crippen molar-refractivity contribution in [2.45, 2.75) is 6.54 Å². The lowest BCUT2D eigenvalue weighted by atomic mass is 10.2. The Balaban J connectivity index is 1.69. The topological polar surface area (TPSA) is 72.5 Å². The zero-order chi connectivity index (χ0) is 18.4. The number of benzene rings is 1. The summed E-state index contributed by atoms with van der Waals surface area (Å²) in [5.74, 6) is -0.167. The second kappa shape index (κ2) is 8.73. The molecule has 1 aliphatic rings. The van der Waals surface area contributed by atoms with Crippen molar-refractivity contribution in [2.75, 3.05) is 46.3 Å². The second-order valence-electron chi connectivity index (χ2n) is 6.66. The number of likely N-dealkylation sites (N-methyl/N-ethyl adjacent to an activating group) is 1. The Labute approximate surface area is 153 Å². The highest BCUT2D eigenvalue weighted by Crippen LogP contribution is 2.09. The normalized spacial score (nSPS) is 15.7. The average Bonchev–Trinajstić information content (AvgIpc) is 2.67. The molecule has 26 heavy (non-hydrogen) atoms. The van der Waals surface area contributed by atoms with E-state index in [-0.39, 0.29) is 17.2 Å². The molecule has 0 aliphatic carbocycles. The van der Waals surface area contributed by atoms with Crippen molar-refractivity contribution in [3.05, 3.63) is 64.1 Å². The molecule has 0 radical (unpaired) electrons. The van der Waals surface area contributed by atoms with Crippen molar-refractivity contribution in [1.82, 2.24) is 24.9 Å². The fraction of sp³-hybridized carbons (Fsp3) is 0.421. The molecule has 7 nitrogen and oxygen atoms in total. The van der Waals surface area contributed by atoms with Crippen LogP contribution in [0.25, 0.3) is 0 Å². The Bertz CT molecular complexity index is 749. The smallest absolute Gasteiger partial charge is 0.274 e. The molecule has 1 fully saturated rings. The summed E-state index contributed by atoms with van der Waals surface area (Å²) in [5, 5.41) is 6.24. The van der Waals surface area contributed by atoms with Crippen molar-refractivity contribution < 1.29 is 4.79 Å². The minimum Gasteiger partial charge on any atom is -0.332 e. The molecule has 1 saturated heterocycles. The molecule has 0 bridgehead atoms. The van der Waals surface area contributed by atoms with Crippen molar-refractivity contribution in [3.8, 4) is 0 Å². The first-order valence-corrected chi connectivity index (χ1v) is 8.91. The van der Waals surface area contributed by atoms with Crippen LogP contribution in [0, 0.1) is 0 Å². The number of nitrogens with zero attached hydrogens (tertiary/aromatic N) is 4. The van der Waals surface area contributed by atoms with Gasteiger partial charge in [-0.15, -0.1) is 0 Å². The number of carbonyl (C=O) groups is 1. The molecule has 138 valence electrons. The number of amides is 1. The molecule has 2 heterocycles. The molecule has 2 aromatic rings. The lowest BCUT2D eigenvalue weighted by Gasteiger charge is -2.34. The van der Waals surface area contributed by atoms with Gasteiger partial charge in [0.25, 0.3) is 11.5 Å². The van der Waals surface area contributed by atoms with E-state index < -0.39 is 0 Å². The van der Waals surface area contributed by atoms with Crippen molar-refractivity contribution in [2.24, 2.45) is 0 Å². The summed E-state index contributed by atoms with van der Waals surface area (Å²) in [6, 6.07) is 12.7. The van der Waals surface area contributed by atoms with E-state index in [0.717, 1.165) is 38.3 Å². The second-order valence-corrected chi connectivity index (χ2v) is 6.66. The van der Waals surface area contributed by atoms with Crippen LogP contribution in [0.3, 0.4) is 0 Å². The monoisotopic (exact) mass is 355 g/mol. The minimum absolute atomic E-state index is 0.167. The number of aromatic amines is 1. The lowest BCUT2D eigenvalue weighted by molar-refractivity contribution is 0.0694. The van der Waals surface area contributed by atoms with Gasteiger partial charge in [0.05, 0.1) is 0 Å². The summed E-state index contributed by atoms with van der Waals surface area (Å²) >= 11 is 0. The molecule has 1 amide bonds. The fourth-order valence-electron chi connectivity index (χ4n) is 3.02. The van der Waals surface area contributed by atoms with Crippen LogP contribution < -0.4 is 5.56 Å². The summed E-state index contributed by atoms with van der Waals surface area (Å²) in [4.78, 5) is 30.6. The van der Waals surface area contributed by atoms with Crippen LogP contribution in [0.4, 0.5) is 0 Å². The number of rotatable bonds is 6. The Morgan fingerprint density at radius 3 is 2.50 bits per heavy atom. The Morgan fingerprint density at radius 2 is 1.85 bits per heavy atom. The van der Waals surface area contributed by atoms with Crippen LogP contribution in [-0.4, -0.2) is 77.1 Å². The predicted octanol–water partition coefficient (Wildman–Crippen LogP) is 0.660. The minimum atomic E-state index is -0.311. The van der Waals surface area contributed by atoms with E-state index in [2.05, 4.69) is 27.0 Å². The van der Waals surface area contributed by atoms with Gasteiger partial charge >= 0.3 is 0 Å². The van der Waals surface area contributed by atoms with Gasteiger partial charge in [-0.1, -0.05) is 30.3 Å². The third-order valence-electron chi connectivity index (χ3n) is 4.68. The Morgan fingerprint density at radius 1 is 1.12 bits per heavy atom. The average molecular weight is 355 g/mol. The zero-order valence-corrected chi connectivity index (χ0v) is 15.1. The fourth-order valence-corrected chi connectivity index (χ4v) is 3.02. The van der Waals surface area contributed by atoms with Gasteiger partial charge in [0.1, 0.15) is 5.69 Å². The van der Waals surface area contributed by atoms with Crippen LogP contribution >= 0.6 is 0 Å². The van der Waals surface area contributed by atoms with Gasteiger partial charge in [-0.3, -0.25) is 14.5 Å². The lowest BCUT2D eigenvalue weighted by Crippen LogP contribution is -2.47. The van der Waals surface area contributed by atoms with E-state index in [0.29, 0.717) is 13.1 Å². The van der Waals surface area contributed by atoms with Crippen LogP contribution in [0.1, 0.15) is 16.1 Å². The van der Waals surface area contributed by atoms with Crippen LogP contribution in [0.2, 0.25) is 0 Å². The molecule has 0 unspecified atom stereocenters. The molecule has 1 aromatic heterocycles. The summed E-state index contributed by atoms with van der Waals surface area (Å²) in [6.07, 6.45) is 0. The SMILES string of the molecule is CN1CCN(CCN(Cc2ccccc2)C(=O)c2ccc(=O)[nH]n2)CC1. The van der Waals surface area contributed by atoms with E-state index in [4.69, 9.17) is 0 Å². The number of piperazine rings is 1. The Kier molecular flexibility index (Phi) is 6.14. The molecule has 1 N–H and O–H groups in total. The molecule has 3 rings (SSSR count). The molecular weight excluding hydrogens is 330 g/mol. The predicted molar refractivity (Wildman–Crippen MR) is 100.0 cm³/mol. The van der Waals surface area contributed by atoms with Crippen LogP contribution in [0.15, 0.2) is 47.3 Å². The maximum atomic E-state index is 12.9. The molecule has 1 aliphatic heterocycles. The third kappa shape index (κ3) is 5.00. The third-order valence-corrected chi connectivity index (χ3v) is 4.68. The Hall–Kier alpha value is -2.51. The molecule has 7 heteroatoms. The number of hydrogen-bond donors (Lipinski definition) is 1. The quantitative estimate of drug-likeness (QED) is 0.824. The molecule has 0 spiro atoms. The first-order valence-electron chi connectivity index (χ1n) is 8.91. The van der Waals surface area contributed by atoms with Gasteiger partial charge in [-0.05, 0) is 18.7 Å². The maximum Gasteiger partial charge on any atom is 0.274 e. The van der Waals surface area contributed by atoms with Gasteiger partial charge in [-0.25, -0.2) is 5.10 Å². The first-order chi connectivity index (χ1) is 12.6. The number of H-pyrrole nitrogens is 1. The number of aromatic nitrogens is 2.